The molecule has 19 heavy (non-hydrogen) atoms. The molecule has 0 aromatic rings. The van der Waals surface area contributed by atoms with Crippen LogP contribution in [0.4, 0.5) is 0 Å². The zero-order chi connectivity index (χ0) is 13.9. The van der Waals surface area contributed by atoms with Gasteiger partial charge in [-0.1, -0.05) is 19.3 Å². The van der Waals surface area contributed by atoms with Crippen molar-refractivity contribution in [3.05, 3.63) is 0 Å². The van der Waals surface area contributed by atoms with E-state index in [1.807, 2.05) is 13.8 Å². The topological polar surface area (TPSA) is 29.5 Å². The van der Waals surface area contributed by atoms with Crippen molar-refractivity contribution in [2.75, 3.05) is 32.8 Å². The summed E-state index contributed by atoms with van der Waals surface area (Å²) in [6, 6.07) is 0. The van der Waals surface area contributed by atoms with Gasteiger partial charge in [-0.05, 0) is 26.7 Å². The molecular formula is C15H27NO2S. The van der Waals surface area contributed by atoms with Crippen LogP contribution in [0.2, 0.25) is 0 Å². The Morgan fingerprint density at radius 2 is 1.79 bits per heavy atom. The Morgan fingerprint density at radius 1 is 1.21 bits per heavy atom. The third kappa shape index (κ3) is 3.73. The molecule has 3 nitrogen and oxygen atoms in total. The van der Waals surface area contributed by atoms with Gasteiger partial charge < -0.3 is 4.74 Å². The molecule has 110 valence electrons. The number of Topliss-reactive ketones (excluding diaryl/α,β-unsaturated/α-hetero) is 1. The molecule has 0 spiro atoms. The predicted molar refractivity (Wildman–Crippen MR) is 80.8 cm³/mol. The van der Waals surface area contributed by atoms with Crippen molar-refractivity contribution in [3.8, 4) is 0 Å². The number of thiol groups is 1. The highest BCUT2D eigenvalue weighted by Crippen LogP contribution is 2.42. The third-order valence-corrected chi connectivity index (χ3v) is 4.68. The molecule has 0 aromatic carbocycles. The Morgan fingerprint density at radius 3 is 2.32 bits per heavy atom. The molecule has 1 aliphatic carbocycles. The van der Waals surface area contributed by atoms with Crippen molar-refractivity contribution in [3.63, 3.8) is 0 Å². The van der Waals surface area contributed by atoms with Crippen LogP contribution in [0.3, 0.4) is 0 Å². The number of nitrogens with zero attached hydrogens (tertiary/aromatic N) is 1. The minimum Gasteiger partial charge on any atom is -0.379 e. The standard InChI is InChI=1S/C15H27NO2S/c1-14(2,19)13(17)15(6-4-3-5-7-15)12-16-8-10-18-11-9-16/h19H,3-12H2,1-2H3. The van der Waals surface area contributed by atoms with E-state index < -0.39 is 4.75 Å². The third-order valence-electron chi connectivity index (χ3n) is 4.48. The molecule has 0 radical (unpaired) electrons. The van der Waals surface area contributed by atoms with E-state index in [0.717, 1.165) is 45.7 Å². The van der Waals surface area contributed by atoms with E-state index in [1.54, 1.807) is 0 Å². The maximum absolute atomic E-state index is 12.9. The van der Waals surface area contributed by atoms with E-state index in [0.29, 0.717) is 5.78 Å². The van der Waals surface area contributed by atoms with E-state index in [2.05, 4.69) is 17.5 Å². The largest absolute Gasteiger partial charge is 0.379 e. The van der Waals surface area contributed by atoms with Gasteiger partial charge in [0.05, 0.1) is 18.0 Å². The lowest BCUT2D eigenvalue weighted by Gasteiger charge is -2.43. The van der Waals surface area contributed by atoms with Crippen LogP contribution in [0.1, 0.15) is 46.0 Å². The number of morpholine rings is 1. The SMILES string of the molecule is CC(C)(S)C(=O)C1(CN2CCOCC2)CCCCC1. The van der Waals surface area contributed by atoms with Crippen LogP contribution in [0.15, 0.2) is 0 Å². The highest BCUT2D eigenvalue weighted by Gasteiger charge is 2.45. The molecular weight excluding hydrogens is 258 g/mol. The molecule has 2 rings (SSSR count). The van der Waals surface area contributed by atoms with Crippen molar-refractivity contribution in [2.45, 2.75) is 50.7 Å². The second-order valence-corrected chi connectivity index (χ2v) is 7.74. The lowest BCUT2D eigenvalue weighted by atomic mass is 9.68. The summed E-state index contributed by atoms with van der Waals surface area (Å²) in [6.07, 6.45) is 5.70. The number of ether oxygens (including phenoxy) is 1. The van der Waals surface area contributed by atoms with E-state index in [9.17, 15) is 4.79 Å². The summed E-state index contributed by atoms with van der Waals surface area (Å²) in [6.45, 7) is 8.30. The quantitative estimate of drug-likeness (QED) is 0.805. The summed E-state index contributed by atoms with van der Waals surface area (Å²) >= 11 is 4.54. The first-order valence-corrected chi connectivity index (χ1v) is 7.96. The number of ketones is 1. The minimum atomic E-state index is -0.524. The molecule has 0 aromatic heterocycles. The van der Waals surface area contributed by atoms with Crippen molar-refractivity contribution >= 4 is 18.4 Å². The van der Waals surface area contributed by atoms with Crippen LogP contribution in [-0.4, -0.2) is 48.3 Å². The molecule has 0 amide bonds. The zero-order valence-electron chi connectivity index (χ0n) is 12.3. The lowest BCUT2D eigenvalue weighted by Crippen LogP contribution is -2.52. The van der Waals surface area contributed by atoms with Gasteiger partial charge in [0, 0.05) is 25.0 Å². The van der Waals surface area contributed by atoms with Gasteiger partial charge in [0.15, 0.2) is 5.78 Å². The molecule has 1 aliphatic heterocycles. The van der Waals surface area contributed by atoms with Crippen LogP contribution in [0, 0.1) is 5.41 Å². The smallest absolute Gasteiger partial charge is 0.155 e. The summed E-state index contributed by atoms with van der Waals surface area (Å²) in [4.78, 5) is 15.3. The molecule has 2 aliphatic rings. The molecule has 4 heteroatoms. The highest BCUT2D eigenvalue weighted by atomic mass is 32.1. The zero-order valence-corrected chi connectivity index (χ0v) is 13.2. The Hall–Kier alpha value is -0.0600. The fraction of sp³-hybridized carbons (Fsp3) is 0.933. The van der Waals surface area contributed by atoms with Crippen LogP contribution < -0.4 is 0 Å². The van der Waals surface area contributed by atoms with Gasteiger partial charge in [-0.2, -0.15) is 12.6 Å². The summed E-state index contributed by atoms with van der Waals surface area (Å²) in [7, 11) is 0. The maximum atomic E-state index is 12.9. The average Bonchev–Trinajstić information content (AvgIpc) is 2.39. The van der Waals surface area contributed by atoms with Crippen molar-refractivity contribution < 1.29 is 9.53 Å². The van der Waals surface area contributed by atoms with Gasteiger partial charge in [-0.15, -0.1) is 0 Å². The number of hydrogen-bond acceptors (Lipinski definition) is 4. The van der Waals surface area contributed by atoms with Gasteiger partial charge in [-0.3, -0.25) is 9.69 Å². The minimum absolute atomic E-state index is 0.166. The van der Waals surface area contributed by atoms with Crippen LogP contribution in [0.5, 0.6) is 0 Å². The first-order valence-electron chi connectivity index (χ1n) is 7.51. The summed E-state index contributed by atoms with van der Waals surface area (Å²) < 4.78 is 4.88. The second kappa shape index (κ2) is 6.15. The van der Waals surface area contributed by atoms with Gasteiger partial charge in [0.1, 0.15) is 0 Å². The van der Waals surface area contributed by atoms with E-state index in [4.69, 9.17) is 4.74 Å². The average molecular weight is 285 g/mol. The van der Waals surface area contributed by atoms with Gasteiger partial charge in [0.2, 0.25) is 0 Å². The monoisotopic (exact) mass is 285 g/mol. The van der Waals surface area contributed by atoms with E-state index in [1.165, 1.54) is 19.3 Å². The van der Waals surface area contributed by atoms with Crippen LogP contribution >= 0.6 is 12.6 Å². The van der Waals surface area contributed by atoms with Gasteiger partial charge in [-0.25, -0.2) is 0 Å². The first-order chi connectivity index (χ1) is 8.94. The summed E-state index contributed by atoms with van der Waals surface area (Å²) in [5, 5.41) is 0. The molecule has 2 fully saturated rings. The Kier molecular flexibility index (Phi) is 4.96. The fourth-order valence-corrected chi connectivity index (χ4v) is 3.76. The van der Waals surface area contributed by atoms with Crippen molar-refractivity contribution in [2.24, 2.45) is 5.41 Å². The molecule has 0 bridgehead atoms. The number of hydrogen-bond donors (Lipinski definition) is 1. The maximum Gasteiger partial charge on any atom is 0.155 e. The number of carbonyl (C=O) groups is 1. The predicted octanol–water partition coefficient (Wildman–Crippen LogP) is 2.55. The fourth-order valence-electron chi connectivity index (χ4n) is 3.52. The van der Waals surface area contributed by atoms with Gasteiger partial charge >= 0.3 is 0 Å². The van der Waals surface area contributed by atoms with E-state index in [-0.39, 0.29) is 5.41 Å². The van der Waals surface area contributed by atoms with Crippen molar-refractivity contribution in [1.82, 2.24) is 4.90 Å². The Bertz CT molecular complexity index is 313. The molecule has 0 atom stereocenters. The van der Waals surface area contributed by atoms with Crippen LogP contribution in [-0.2, 0) is 9.53 Å². The normalized spacial score (nSPS) is 25.2. The van der Waals surface area contributed by atoms with Crippen molar-refractivity contribution in [1.29, 1.82) is 0 Å². The second-order valence-electron chi connectivity index (χ2n) is 6.62. The van der Waals surface area contributed by atoms with Gasteiger partial charge in [0.25, 0.3) is 0 Å². The molecule has 1 saturated carbocycles. The van der Waals surface area contributed by atoms with E-state index >= 15 is 0 Å². The summed E-state index contributed by atoms with van der Waals surface area (Å²) in [5.41, 5.74) is -0.166. The molecule has 1 heterocycles. The Balaban J connectivity index is 2.11. The Labute approximate surface area is 122 Å². The van der Waals surface area contributed by atoms with Crippen LogP contribution in [0.25, 0.3) is 0 Å². The number of rotatable bonds is 4. The first kappa shape index (κ1) is 15.3. The highest BCUT2D eigenvalue weighted by molar-refractivity contribution is 7.82. The summed E-state index contributed by atoms with van der Waals surface area (Å²) in [5.74, 6) is 0.342. The number of carbonyl (C=O) groups excluding carboxylic acids is 1. The lowest BCUT2D eigenvalue weighted by molar-refractivity contribution is -0.134. The molecule has 0 N–H and O–H groups in total. The molecule has 1 saturated heterocycles. The molecule has 0 unspecified atom stereocenters.